The van der Waals surface area contributed by atoms with Crippen LogP contribution in [0.4, 0.5) is 0 Å². The average Bonchev–Trinajstić information content (AvgIpc) is 2.61. The number of halogens is 1. The molecule has 1 amide bonds. The maximum atomic E-state index is 12.7. The van der Waals surface area contributed by atoms with Gasteiger partial charge in [0.2, 0.25) is 0 Å². The van der Waals surface area contributed by atoms with Gasteiger partial charge in [-0.2, -0.15) is 0 Å². The number of piperidine rings is 3. The Balaban J connectivity index is 0.00000169. The molecule has 5 rings (SSSR count). The van der Waals surface area contributed by atoms with Crippen LogP contribution in [0.25, 0.3) is 10.8 Å². The molecule has 1 atom stereocenters. The Bertz CT molecular complexity index is 741. The van der Waals surface area contributed by atoms with Crippen molar-refractivity contribution in [3.63, 3.8) is 0 Å². The molecule has 0 unspecified atom stereocenters. The number of methoxy groups -OCH3 is 1. The summed E-state index contributed by atoms with van der Waals surface area (Å²) in [4.78, 5) is 15.1. The lowest BCUT2D eigenvalue weighted by Crippen LogP contribution is -2.57. The van der Waals surface area contributed by atoms with Crippen LogP contribution in [-0.2, 0) is 0 Å². The van der Waals surface area contributed by atoms with Crippen molar-refractivity contribution in [3.8, 4) is 5.75 Å². The molecule has 2 aromatic carbocycles. The van der Waals surface area contributed by atoms with Crippen LogP contribution in [0.1, 0.15) is 23.2 Å². The first-order valence-corrected chi connectivity index (χ1v) is 8.34. The molecule has 0 spiro atoms. The fraction of sp³-hybridized carbons (Fsp3) is 0.421. The molecule has 3 aliphatic heterocycles. The van der Waals surface area contributed by atoms with Gasteiger partial charge in [-0.15, -0.1) is 12.4 Å². The van der Waals surface area contributed by atoms with Crippen molar-refractivity contribution in [2.24, 2.45) is 5.92 Å². The van der Waals surface area contributed by atoms with Gasteiger partial charge >= 0.3 is 0 Å². The second-order valence-electron chi connectivity index (χ2n) is 6.61. The highest BCUT2D eigenvalue weighted by Crippen LogP contribution is 2.29. The van der Waals surface area contributed by atoms with Gasteiger partial charge in [0.15, 0.2) is 0 Å². The van der Waals surface area contributed by atoms with Gasteiger partial charge < -0.3 is 15.0 Å². The van der Waals surface area contributed by atoms with E-state index in [9.17, 15) is 4.79 Å². The Labute approximate surface area is 148 Å². The summed E-state index contributed by atoms with van der Waals surface area (Å²) in [5, 5.41) is 5.32. The van der Waals surface area contributed by atoms with Gasteiger partial charge in [0.05, 0.1) is 7.11 Å². The molecule has 0 aromatic heterocycles. The molecule has 1 N–H and O–H groups in total. The summed E-state index contributed by atoms with van der Waals surface area (Å²) in [7, 11) is 1.66. The zero-order valence-corrected chi connectivity index (χ0v) is 14.6. The number of amides is 1. The van der Waals surface area contributed by atoms with Crippen molar-refractivity contribution in [1.82, 2.24) is 10.2 Å². The van der Waals surface area contributed by atoms with E-state index in [0.29, 0.717) is 17.5 Å². The topological polar surface area (TPSA) is 41.6 Å². The minimum Gasteiger partial charge on any atom is -0.496 e. The van der Waals surface area contributed by atoms with Crippen LogP contribution in [-0.4, -0.2) is 43.6 Å². The molecule has 4 nitrogen and oxygen atoms in total. The Morgan fingerprint density at radius 3 is 2.67 bits per heavy atom. The third-order valence-corrected chi connectivity index (χ3v) is 5.30. The summed E-state index contributed by atoms with van der Waals surface area (Å²) in [6, 6.07) is 12.0. The summed E-state index contributed by atoms with van der Waals surface area (Å²) in [5.74, 6) is 1.47. The number of benzene rings is 2. The molecule has 0 aliphatic carbocycles. The van der Waals surface area contributed by atoms with Crippen molar-refractivity contribution in [2.75, 3.05) is 26.7 Å². The molecular formula is C19H23ClN2O2. The molecule has 3 aliphatic rings. The molecule has 2 aromatic rings. The van der Waals surface area contributed by atoms with Crippen molar-refractivity contribution >= 4 is 29.1 Å². The highest BCUT2D eigenvalue weighted by atomic mass is 35.5. The van der Waals surface area contributed by atoms with Gasteiger partial charge in [0, 0.05) is 23.5 Å². The normalized spacial score (nSPS) is 25.1. The third kappa shape index (κ3) is 3.08. The van der Waals surface area contributed by atoms with Crippen molar-refractivity contribution in [1.29, 1.82) is 0 Å². The van der Waals surface area contributed by atoms with E-state index in [1.165, 1.54) is 25.9 Å². The van der Waals surface area contributed by atoms with E-state index in [2.05, 4.69) is 10.2 Å². The van der Waals surface area contributed by atoms with Crippen LogP contribution in [0.15, 0.2) is 36.4 Å². The largest absolute Gasteiger partial charge is 0.496 e. The minimum atomic E-state index is 0. The summed E-state index contributed by atoms with van der Waals surface area (Å²) in [5.41, 5.74) is 0.707. The number of carbonyl (C=O) groups is 1. The van der Waals surface area contributed by atoms with Gasteiger partial charge in [0.25, 0.3) is 5.91 Å². The number of ether oxygens (including phenoxy) is 1. The van der Waals surface area contributed by atoms with Gasteiger partial charge in [-0.3, -0.25) is 4.79 Å². The van der Waals surface area contributed by atoms with Crippen LogP contribution in [0.5, 0.6) is 5.75 Å². The van der Waals surface area contributed by atoms with E-state index in [1.807, 2.05) is 36.4 Å². The van der Waals surface area contributed by atoms with Crippen LogP contribution < -0.4 is 10.1 Å². The smallest absolute Gasteiger partial charge is 0.251 e. The molecular weight excluding hydrogens is 324 g/mol. The number of fused-ring (bicyclic) bond motifs is 4. The molecule has 2 bridgehead atoms. The monoisotopic (exact) mass is 346 g/mol. The van der Waals surface area contributed by atoms with E-state index in [0.717, 1.165) is 23.1 Å². The SMILES string of the molecule is COc1cccc2ccc(C(=O)N[C@H]3CN4CCC3CC4)cc12.Cl. The summed E-state index contributed by atoms with van der Waals surface area (Å²) < 4.78 is 5.41. The summed E-state index contributed by atoms with van der Waals surface area (Å²) in [6.07, 6.45) is 2.41. The number of hydrogen-bond donors (Lipinski definition) is 1. The summed E-state index contributed by atoms with van der Waals surface area (Å²) >= 11 is 0. The predicted molar refractivity (Wildman–Crippen MR) is 98.2 cm³/mol. The quantitative estimate of drug-likeness (QED) is 0.928. The lowest BCUT2D eigenvalue weighted by atomic mass is 9.84. The minimum absolute atomic E-state index is 0. The standard InChI is InChI=1S/C19H22N2O2.ClH/c1-23-18-4-2-3-13-5-6-15(11-16(13)18)19(22)20-17-12-21-9-7-14(17)8-10-21;/h2-6,11,14,17H,7-10,12H2,1H3,(H,20,22);1H/t17-;/m0./s1. The van der Waals surface area contributed by atoms with Gasteiger partial charge in [-0.25, -0.2) is 0 Å². The molecule has 3 saturated heterocycles. The molecule has 0 saturated carbocycles. The number of hydrogen-bond acceptors (Lipinski definition) is 3. The highest BCUT2D eigenvalue weighted by molar-refractivity contribution is 6.00. The van der Waals surface area contributed by atoms with Crippen LogP contribution in [0.2, 0.25) is 0 Å². The fourth-order valence-corrected chi connectivity index (χ4v) is 3.94. The van der Waals surface area contributed by atoms with Crippen LogP contribution in [0.3, 0.4) is 0 Å². The zero-order valence-electron chi connectivity index (χ0n) is 13.8. The van der Waals surface area contributed by atoms with E-state index in [4.69, 9.17) is 4.74 Å². The lowest BCUT2D eigenvalue weighted by molar-refractivity contribution is 0.0620. The first-order valence-electron chi connectivity index (χ1n) is 8.34. The zero-order chi connectivity index (χ0) is 15.8. The Hall–Kier alpha value is -1.78. The number of rotatable bonds is 3. The van der Waals surface area contributed by atoms with E-state index in [1.54, 1.807) is 7.11 Å². The highest BCUT2D eigenvalue weighted by Gasteiger charge is 2.34. The van der Waals surface area contributed by atoms with Gasteiger partial charge in [0.1, 0.15) is 5.75 Å². The maximum Gasteiger partial charge on any atom is 0.251 e. The van der Waals surface area contributed by atoms with Crippen molar-refractivity contribution in [3.05, 3.63) is 42.0 Å². The molecule has 0 radical (unpaired) electrons. The summed E-state index contributed by atoms with van der Waals surface area (Å²) in [6.45, 7) is 3.36. The van der Waals surface area contributed by atoms with Gasteiger partial charge in [-0.1, -0.05) is 18.2 Å². The number of nitrogens with zero attached hydrogens (tertiary/aromatic N) is 1. The first-order chi connectivity index (χ1) is 11.2. The predicted octanol–water partition coefficient (Wildman–Crippen LogP) is 3.09. The van der Waals surface area contributed by atoms with Crippen molar-refractivity contribution < 1.29 is 9.53 Å². The molecule has 3 heterocycles. The second kappa shape index (κ2) is 6.99. The van der Waals surface area contributed by atoms with E-state index >= 15 is 0 Å². The Morgan fingerprint density at radius 2 is 2.00 bits per heavy atom. The molecule has 128 valence electrons. The third-order valence-electron chi connectivity index (χ3n) is 5.30. The first kappa shape index (κ1) is 17.1. The number of nitrogens with one attached hydrogen (secondary N) is 1. The van der Waals surface area contributed by atoms with Gasteiger partial charge in [-0.05, 0) is 55.4 Å². The van der Waals surface area contributed by atoms with E-state index < -0.39 is 0 Å². The van der Waals surface area contributed by atoms with Crippen LogP contribution >= 0.6 is 12.4 Å². The second-order valence-corrected chi connectivity index (χ2v) is 6.61. The maximum absolute atomic E-state index is 12.7. The van der Waals surface area contributed by atoms with Crippen molar-refractivity contribution in [2.45, 2.75) is 18.9 Å². The average molecular weight is 347 g/mol. The molecule has 5 heteroatoms. The Morgan fingerprint density at radius 1 is 1.21 bits per heavy atom. The lowest BCUT2D eigenvalue weighted by Gasteiger charge is -2.44. The Kier molecular flexibility index (Phi) is 4.97. The number of carbonyl (C=O) groups excluding carboxylic acids is 1. The molecule has 3 fully saturated rings. The van der Waals surface area contributed by atoms with Crippen LogP contribution in [0, 0.1) is 5.92 Å². The van der Waals surface area contributed by atoms with E-state index in [-0.39, 0.29) is 18.3 Å². The molecule has 24 heavy (non-hydrogen) atoms. The fourth-order valence-electron chi connectivity index (χ4n) is 3.94.